The van der Waals surface area contributed by atoms with Gasteiger partial charge in [-0.3, -0.25) is 0 Å². The maximum Gasteiger partial charge on any atom is 0.272 e. The molecule has 108 valence electrons. The van der Waals surface area contributed by atoms with Gasteiger partial charge in [-0.25, -0.2) is 8.78 Å². The third-order valence-electron chi connectivity index (χ3n) is 2.25. The minimum absolute atomic E-state index is 0.109. The van der Waals surface area contributed by atoms with Crippen molar-refractivity contribution in [2.45, 2.75) is 12.5 Å². The number of aliphatic hydroxyl groups excluding tert-OH is 1. The van der Waals surface area contributed by atoms with Crippen LogP contribution in [0.3, 0.4) is 0 Å². The summed E-state index contributed by atoms with van der Waals surface area (Å²) in [6, 6.07) is 4.81. The number of hydrogen-bond acceptors (Lipinski definition) is 4. The molecule has 1 aromatic rings. The van der Waals surface area contributed by atoms with Gasteiger partial charge < -0.3 is 19.9 Å². The van der Waals surface area contributed by atoms with Crippen molar-refractivity contribution in [1.29, 1.82) is 0 Å². The molecule has 0 spiro atoms. The van der Waals surface area contributed by atoms with E-state index in [1.54, 1.807) is 12.1 Å². The van der Waals surface area contributed by atoms with Crippen LogP contribution >= 0.6 is 11.6 Å². The molecule has 1 rings (SSSR count). The Morgan fingerprint density at radius 2 is 2.11 bits per heavy atom. The van der Waals surface area contributed by atoms with E-state index in [4.69, 9.17) is 21.1 Å². The number of hydrogen-bond donors (Lipinski definition) is 2. The average Bonchev–Trinajstić information content (AvgIpc) is 2.42. The van der Waals surface area contributed by atoms with Crippen LogP contribution in [-0.4, -0.2) is 43.8 Å². The third-order valence-corrected chi connectivity index (χ3v) is 2.60. The summed E-state index contributed by atoms with van der Waals surface area (Å²) < 4.78 is 34.2. The van der Waals surface area contributed by atoms with Crippen LogP contribution in [0, 0.1) is 0 Å². The molecule has 0 aliphatic heterocycles. The highest BCUT2D eigenvalue weighted by atomic mass is 35.5. The van der Waals surface area contributed by atoms with Gasteiger partial charge in [0.05, 0.1) is 19.1 Å². The first-order chi connectivity index (χ1) is 9.06. The molecular weight excluding hydrogens is 280 g/mol. The van der Waals surface area contributed by atoms with E-state index in [1.165, 1.54) is 13.2 Å². The van der Waals surface area contributed by atoms with Gasteiger partial charge in [0.25, 0.3) is 6.43 Å². The van der Waals surface area contributed by atoms with E-state index < -0.39 is 19.1 Å². The van der Waals surface area contributed by atoms with Crippen molar-refractivity contribution in [3.63, 3.8) is 0 Å². The van der Waals surface area contributed by atoms with E-state index in [1.807, 2.05) is 0 Å². The van der Waals surface area contributed by atoms with E-state index in [-0.39, 0.29) is 18.2 Å². The topological polar surface area (TPSA) is 50.7 Å². The van der Waals surface area contributed by atoms with Crippen LogP contribution in [0.5, 0.6) is 11.5 Å². The molecule has 1 aromatic carbocycles. The van der Waals surface area contributed by atoms with Crippen LogP contribution in [0.2, 0.25) is 0 Å². The van der Waals surface area contributed by atoms with Gasteiger partial charge in [0, 0.05) is 18.3 Å². The molecule has 19 heavy (non-hydrogen) atoms. The standard InChI is InChI=1S/C12H16ClF2NO3/c1-18-10-3-2-8(16-6-9(17)5-13)4-11(10)19-7-12(14)15/h2-4,9,12,16-17H,5-7H2,1H3. The Bertz CT molecular complexity index is 393. The van der Waals surface area contributed by atoms with Crippen LogP contribution in [-0.2, 0) is 0 Å². The minimum atomic E-state index is -2.56. The first kappa shape index (κ1) is 15.8. The highest BCUT2D eigenvalue weighted by molar-refractivity contribution is 6.18. The number of alkyl halides is 3. The van der Waals surface area contributed by atoms with Crippen LogP contribution in [0.25, 0.3) is 0 Å². The zero-order valence-electron chi connectivity index (χ0n) is 10.4. The van der Waals surface area contributed by atoms with E-state index in [2.05, 4.69) is 5.32 Å². The number of nitrogens with one attached hydrogen (secondary N) is 1. The first-order valence-electron chi connectivity index (χ1n) is 5.63. The Balaban J connectivity index is 2.70. The van der Waals surface area contributed by atoms with E-state index in [9.17, 15) is 13.9 Å². The molecule has 0 saturated carbocycles. The molecule has 0 amide bonds. The highest BCUT2D eigenvalue weighted by Gasteiger charge is 2.10. The van der Waals surface area contributed by atoms with E-state index >= 15 is 0 Å². The molecule has 1 unspecified atom stereocenters. The summed E-state index contributed by atoms with van der Waals surface area (Å²) in [4.78, 5) is 0. The van der Waals surface area contributed by atoms with Gasteiger partial charge in [-0.1, -0.05) is 0 Å². The summed E-state index contributed by atoms with van der Waals surface area (Å²) in [5.74, 6) is 0.690. The Morgan fingerprint density at radius 1 is 1.37 bits per heavy atom. The molecule has 0 bridgehead atoms. The molecule has 0 fully saturated rings. The molecule has 0 aromatic heterocycles. The predicted octanol–water partition coefficient (Wildman–Crippen LogP) is 2.35. The van der Waals surface area contributed by atoms with Gasteiger partial charge in [-0.2, -0.15) is 0 Å². The lowest BCUT2D eigenvalue weighted by molar-refractivity contribution is 0.0805. The minimum Gasteiger partial charge on any atom is -0.493 e. The quantitative estimate of drug-likeness (QED) is 0.723. The summed E-state index contributed by atoms with van der Waals surface area (Å²) in [6.07, 6.45) is -3.24. The third kappa shape index (κ3) is 5.48. The normalized spacial score (nSPS) is 12.3. The average molecular weight is 296 g/mol. The Hall–Kier alpha value is -1.27. The van der Waals surface area contributed by atoms with Crippen LogP contribution < -0.4 is 14.8 Å². The summed E-state index contributed by atoms with van der Waals surface area (Å²) in [5.41, 5.74) is 0.620. The number of halogens is 3. The second-order valence-electron chi connectivity index (χ2n) is 3.76. The largest absolute Gasteiger partial charge is 0.493 e. The fourth-order valence-electron chi connectivity index (χ4n) is 1.34. The monoisotopic (exact) mass is 295 g/mol. The van der Waals surface area contributed by atoms with Gasteiger partial charge >= 0.3 is 0 Å². The summed E-state index contributed by atoms with van der Waals surface area (Å²) in [6.45, 7) is -0.450. The molecule has 4 nitrogen and oxygen atoms in total. The van der Waals surface area contributed by atoms with Gasteiger partial charge in [0.15, 0.2) is 11.5 Å². The molecule has 7 heteroatoms. The smallest absolute Gasteiger partial charge is 0.272 e. The number of aliphatic hydroxyl groups is 1. The lowest BCUT2D eigenvalue weighted by Crippen LogP contribution is -2.20. The summed E-state index contributed by atoms with van der Waals surface area (Å²) in [5, 5.41) is 12.2. The Labute approximate surface area is 115 Å². The lowest BCUT2D eigenvalue weighted by atomic mass is 10.2. The molecule has 0 heterocycles. The second kappa shape index (κ2) is 8.01. The zero-order valence-corrected chi connectivity index (χ0v) is 11.2. The van der Waals surface area contributed by atoms with Crippen LogP contribution in [0.4, 0.5) is 14.5 Å². The summed E-state index contributed by atoms with van der Waals surface area (Å²) >= 11 is 5.46. The van der Waals surface area contributed by atoms with Crippen LogP contribution in [0.15, 0.2) is 18.2 Å². The molecule has 0 saturated heterocycles. The number of rotatable bonds is 8. The Kier molecular flexibility index (Phi) is 6.66. The molecule has 1 atom stereocenters. The zero-order chi connectivity index (χ0) is 14.3. The number of benzene rings is 1. The van der Waals surface area contributed by atoms with Crippen molar-refractivity contribution in [2.24, 2.45) is 0 Å². The highest BCUT2D eigenvalue weighted by Crippen LogP contribution is 2.30. The van der Waals surface area contributed by atoms with Crippen LogP contribution in [0.1, 0.15) is 0 Å². The van der Waals surface area contributed by atoms with E-state index in [0.29, 0.717) is 11.4 Å². The molecular formula is C12H16ClF2NO3. The SMILES string of the molecule is COc1ccc(NCC(O)CCl)cc1OCC(F)F. The molecule has 0 aliphatic carbocycles. The van der Waals surface area contributed by atoms with Crippen molar-refractivity contribution in [3.8, 4) is 11.5 Å². The summed E-state index contributed by atoms with van der Waals surface area (Å²) in [7, 11) is 1.43. The molecule has 2 N–H and O–H groups in total. The van der Waals surface area contributed by atoms with Crippen molar-refractivity contribution < 1.29 is 23.4 Å². The molecule has 0 radical (unpaired) electrons. The number of methoxy groups -OCH3 is 1. The van der Waals surface area contributed by atoms with Gasteiger partial charge in [0.1, 0.15) is 6.61 Å². The lowest BCUT2D eigenvalue weighted by Gasteiger charge is -2.14. The Morgan fingerprint density at radius 3 is 2.68 bits per heavy atom. The predicted molar refractivity (Wildman–Crippen MR) is 69.7 cm³/mol. The van der Waals surface area contributed by atoms with Crippen molar-refractivity contribution in [2.75, 3.05) is 31.5 Å². The maximum atomic E-state index is 12.1. The maximum absolute atomic E-state index is 12.1. The van der Waals surface area contributed by atoms with E-state index in [0.717, 1.165) is 0 Å². The van der Waals surface area contributed by atoms with Gasteiger partial charge in [-0.15, -0.1) is 11.6 Å². The fraction of sp³-hybridized carbons (Fsp3) is 0.500. The van der Waals surface area contributed by atoms with Crippen molar-refractivity contribution >= 4 is 17.3 Å². The number of ether oxygens (including phenoxy) is 2. The molecule has 0 aliphatic rings. The second-order valence-corrected chi connectivity index (χ2v) is 4.07. The first-order valence-corrected chi connectivity index (χ1v) is 6.17. The number of anilines is 1. The van der Waals surface area contributed by atoms with Gasteiger partial charge in [-0.05, 0) is 12.1 Å². The van der Waals surface area contributed by atoms with Crippen molar-refractivity contribution in [1.82, 2.24) is 0 Å². The fourth-order valence-corrected chi connectivity index (χ4v) is 1.45. The van der Waals surface area contributed by atoms with Crippen molar-refractivity contribution in [3.05, 3.63) is 18.2 Å². The van der Waals surface area contributed by atoms with Gasteiger partial charge in [0.2, 0.25) is 0 Å².